The number of halogens is 2. The van der Waals surface area contributed by atoms with Gasteiger partial charge in [0.2, 0.25) is 0 Å². The Balaban J connectivity index is 0.00000147. The van der Waals surface area contributed by atoms with Crippen LogP contribution in [-0.2, 0) is 6.54 Å². The van der Waals surface area contributed by atoms with Crippen LogP contribution in [0.25, 0.3) is 5.69 Å². The minimum atomic E-state index is 0. The molecule has 108 valence electrons. The topological polar surface area (TPSA) is 46.0 Å². The van der Waals surface area contributed by atoms with Gasteiger partial charge in [-0.15, -0.1) is 12.4 Å². The molecule has 0 bridgehead atoms. The lowest BCUT2D eigenvalue weighted by Crippen LogP contribution is -2.43. The molecular formula is C13H17Cl2N5. The van der Waals surface area contributed by atoms with Crippen LogP contribution in [0.4, 0.5) is 0 Å². The van der Waals surface area contributed by atoms with E-state index in [0.29, 0.717) is 0 Å². The number of rotatable bonds is 3. The van der Waals surface area contributed by atoms with E-state index in [1.165, 1.54) is 11.9 Å². The third kappa shape index (κ3) is 3.49. The summed E-state index contributed by atoms with van der Waals surface area (Å²) in [4.78, 5) is 6.43. The molecule has 1 saturated heterocycles. The average molecular weight is 314 g/mol. The maximum absolute atomic E-state index is 6.09. The highest BCUT2D eigenvalue weighted by molar-refractivity contribution is 6.30. The summed E-state index contributed by atoms with van der Waals surface area (Å²) in [5.74, 6) is 0. The Morgan fingerprint density at radius 1 is 1.25 bits per heavy atom. The predicted molar refractivity (Wildman–Crippen MR) is 81.8 cm³/mol. The van der Waals surface area contributed by atoms with Gasteiger partial charge in [-0.1, -0.05) is 17.7 Å². The molecule has 3 rings (SSSR count). The SMILES string of the molecule is Cl.Clc1ccc(CN2CCNCC2)c(-n2cncn2)c1. The van der Waals surface area contributed by atoms with Crippen LogP contribution in [0.15, 0.2) is 30.9 Å². The summed E-state index contributed by atoms with van der Waals surface area (Å²) in [6.45, 7) is 5.14. The van der Waals surface area contributed by atoms with Crippen molar-refractivity contribution in [2.45, 2.75) is 6.54 Å². The fourth-order valence-corrected chi connectivity index (χ4v) is 2.49. The molecule has 1 fully saturated rings. The molecule has 7 heteroatoms. The third-order valence-electron chi connectivity index (χ3n) is 3.32. The van der Waals surface area contributed by atoms with Gasteiger partial charge < -0.3 is 5.32 Å². The van der Waals surface area contributed by atoms with E-state index in [2.05, 4.69) is 26.4 Å². The van der Waals surface area contributed by atoms with E-state index in [1.54, 1.807) is 11.0 Å². The van der Waals surface area contributed by atoms with Crippen molar-refractivity contribution in [3.05, 3.63) is 41.4 Å². The summed E-state index contributed by atoms with van der Waals surface area (Å²) in [7, 11) is 0. The first-order valence-corrected chi connectivity index (χ1v) is 6.77. The average Bonchev–Trinajstić information content (AvgIpc) is 2.96. The van der Waals surface area contributed by atoms with Crippen LogP contribution < -0.4 is 5.32 Å². The van der Waals surface area contributed by atoms with Crippen LogP contribution in [0.2, 0.25) is 5.02 Å². The number of nitrogens with zero attached hydrogens (tertiary/aromatic N) is 4. The van der Waals surface area contributed by atoms with Gasteiger partial charge in [0.15, 0.2) is 0 Å². The van der Waals surface area contributed by atoms with Crippen molar-refractivity contribution in [3.63, 3.8) is 0 Å². The summed E-state index contributed by atoms with van der Waals surface area (Å²) < 4.78 is 1.77. The molecule has 2 aromatic rings. The van der Waals surface area contributed by atoms with Crippen LogP contribution in [0, 0.1) is 0 Å². The van der Waals surface area contributed by atoms with E-state index >= 15 is 0 Å². The van der Waals surface area contributed by atoms with Crippen molar-refractivity contribution >= 4 is 24.0 Å². The van der Waals surface area contributed by atoms with Crippen LogP contribution in [0.1, 0.15) is 5.56 Å². The highest BCUT2D eigenvalue weighted by Gasteiger charge is 2.13. The van der Waals surface area contributed by atoms with Gasteiger partial charge in [-0.2, -0.15) is 5.10 Å². The van der Waals surface area contributed by atoms with Crippen LogP contribution in [0.3, 0.4) is 0 Å². The van der Waals surface area contributed by atoms with E-state index in [4.69, 9.17) is 11.6 Å². The number of benzene rings is 1. The molecule has 1 aromatic heterocycles. The second-order valence-corrected chi connectivity index (χ2v) is 5.08. The number of nitrogens with one attached hydrogen (secondary N) is 1. The second kappa shape index (κ2) is 7.04. The quantitative estimate of drug-likeness (QED) is 0.937. The Kier molecular flexibility index (Phi) is 5.37. The van der Waals surface area contributed by atoms with Crippen LogP contribution in [0.5, 0.6) is 0 Å². The van der Waals surface area contributed by atoms with Gasteiger partial charge in [0, 0.05) is 37.7 Å². The Hall–Kier alpha value is -1.14. The third-order valence-corrected chi connectivity index (χ3v) is 3.55. The second-order valence-electron chi connectivity index (χ2n) is 4.64. The Morgan fingerprint density at radius 3 is 2.75 bits per heavy atom. The number of piperazine rings is 1. The van der Waals surface area contributed by atoms with E-state index in [-0.39, 0.29) is 12.4 Å². The van der Waals surface area contributed by atoms with E-state index in [1.807, 2.05) is 12.1 Å². The van der Waals surface area contributed by atoms with E-state index < -0.39 is 0 Å². The van der Waals surface area contributed by atoms with Crippen molar-refractivity contribution in [2.75, 3.05) is 26.2 Å². The van der Waals surface area contributed by atoms with E-state index in [9.17, 15) is 0 Å². The molecule has 1 N–H and O–H groups in total. The lowest BCUT2D eigenvalue weighted by molar-refractivity contribution is 0.233. The molecule has 5 nitrogen and oxygen atoms in total. The van der Waals surface area contributed by atoms with Crippen LogP contribution in [-0.4, -0.2) is 45.8 Å². The smallest absolute Gasteiger partial charge is 0.138 e. The first-order valence-electron chi connectivity index (χ1n) is 6.39. The molecular weight excluding hydrogens is 297 g/mol. The highest BCUT2D eigenvalue weighted by Crippen LogP contribution is 2.20. The lowest BCUT2D eigenvalue weighted by atomic mass is 10.1. The van der Waals surface area contributed by atoms with Gasteiger partial charge in [-0.05, 0) is 17.7 Å². The van der Waals surface area contributed by atoms with Crippen molar-refractivity contribution in [2.24, 2.45) is 0 Å². The normalized spacial score (nSPS) is 15.8. The molecule has 0 aliphatic carbocycles. The van der Waals surface area contributed by atoms with Gasteiger partial charge in [-0.25, -0.2) is 9.67 Å². The Morgan fingerprint density at radius 2 is 2.05 bits per heavy atom. The van der Waals surface area contributed by atoms with Crippen molar-refractivity contribution < 1.29 is 0 Å². The molecule has 1 aromatic carbocycles. The number of hydrogen-bond acceptors (Lipinski definition) is 4. The molecule has 0 radical (unpaired) electrons. The minimum absolute atomic E-state index is 0. The molecule has 0 saturated carbocycles. The van der Waals surface area contributed by atoms with Crippen molar-refractivity contribution in [1.82, 2.24) is 25.0 Å². The minimum Gasteiger partial charge on any atom is -0.314 e. The summed E-state index contributed by atoms with van der Waals surface area (Å²) in [6.07, 6.45) is 3.24. The standard InChI is InChI=1S/C13H16ClN5.ClH/c14-12-2-1-11(8-18-5-3-15-4-6-18)13(7-12)19-10-16-9-17-19;/h1-2,7,9-10,15H,3-6,8H2;1H. The summed E-state index contributed by atoms with van der Waals surface area (Å²) in [6, 6.07) is 5.94. The van der Waals surface area contributed by atoms with Gasteiger partial charge in [0.25, 0.3) is 0 Å². The van der Waals surface area contributed by atoms with Gasteiger partial charge in [0.1, 0.15) is 12.7 Å². The number of hydrogen-bond donors (Lipinski definition) is 1. The fraction of sp³-hybridized carbons (Fsp3) is 0.385. The highest BCUT2D eigenvalue weighted by atomic mass is 35.5. The lowest BCUT2D eigenvalue weighted by Gasteiger charge is -2.27. The summed E-state index contributed by atoms with van der Waals surface area (Å²) in [5.41, 5.74) is 2.22. The predicted octanol–water partition coefficient (Wildman–Crippen LogP) is 1.75. The molecule has 0 unspecified atom stereocenters. The zero-order valence-corrected chi connectivity index (χ0v) is 12.6. The zero-order chi connectivity index (χ0) is 13.1. The van der Waals surface area contributed by atoms with Gasteiger partial charge in [0.05, 0.1) is 5.69 Å². The molecule has 1 aliphatic heterocycles. The maximum atomic E-state index is 6.09. The van der Waals surface area contributed by atoms with Crippen molar-refractivity contribution in [3.8, 4) is 5.69 Å². The first kappa shape index (κ1) is 15.3. The van der Waals surface area contributed by atoms with E-state index in [0.717, 1.165) is 43.4 Å². The summed E-state index contributed by atoms with van der Waals surface area (Å²) >= 11 is 6.09. The maximum Gasteiger partial charge on any atom is 0.138 e. The molecule has 1 aliphatic rings. The van der Waals surface area contributed by atoms with Crippen LogP contribution >= 0.6 is 24.0 Å². The zero-order valence-electron chi connectivity index (χ0n) is 11.0. The number of aromatic nitrogens is 3. The first-order chi connectivity index (χ1) is 9.33. The van der Waals surface area contributed by atoms with Gasteiger partial charge in [-0.3, -0.25) is 4.90 Å². The Bertz CT molecular complexity index is 538. The monoisotopic (exact) mass is 313 g/mol. The summed E-state index contributed by atoms with van der Waals surface area (Å²) in [5, 5.41) is 8.28. The fourth-order valence-electron chi connectivity index (χ4n) is 2.33. The molecule has 0 atom stereocenters. The molecule has 20 heavy (non-hydrogen) atoms. The Labute approximate surface area is 129 Å². The molecule has 0 amide bonds. The molecule has 2 heterocycles. The molecule has 0 spiro atoms. The van der Waals surface area contributed by atoms with Crippen molar-refractivity contribution in [1.29, 1.82) is 0 Å². The largest absolute Gasteiger partial charge is 0.314 e. The van der Waals surface area contributed by atoms with Gasteiger partial charge >= 0.3 is 0 Å².